The molecule has 3 aliphatic heterocycles. The third-order valence-electron chi connectivity index (χ3n) is 17.3. The molecule has 0 radical (unpaired) electrons. The van der Waals surface area contributed by atoms with E-state index < -0.39 is 168 Å². The first-order valence-electron chi connectivity index (χ1n) is 35.6. The van der Waals surface area contributed by atoms with E-state index in [0.717, 1.165) is 19.3 Å². The van der Waals surface area contributed by atoms with Crippen molar-refractivity contribution in [3.63, 3.8) is 0 Å². The third kappa shape index (κ3) is 26.4. The molecule has 3 aromatic heterocycles. The molecule has 0 aliphatic carbocycles. The molecule has 0 saturated carbocycles. The molecule has 6 heterocycles. The van der Waals surface area contributed by atoms with Crippen molar-refractivity contribution in [2.45, 2.75) is 191 Å². The summed E-state index contributed by atoms with van der Waals surface area (Å²) in [5.41, 5.74) is -6.94. The van der Waals surface area contributed by atoms with E-state index in [9.17, 15) is 73.1 Å². The Kier molecular flexibility index (Phi) is 35.3. The van der Waals surface area contributed by atoms with Gasteiger partial charge in [-0.3, -0.25) is 71.0 Å². The lowest BCUT2D eigenvalue weighted by Gasteiger charge is -2.28. The summed E-state index contributed by atoms with van der Waals surface area (Å²) >= 11 is 33.2. The zero-order chi connectivity index (χ0) is 84.3. The Morgan fingerprint density at radius 1 is 0.456 bits per heavy atom. The fraction of sp³-hybridized carbons (Fsp3) is 0.522. The highest BCUT2D eigenvalue weighted by atomic mass is 35.5. The summed E-state index contributed by atoms with van der Waals surface area (Å²) in [6, 6.07) is 18.2. The molecule has 12 N–H and O–H groups in total. The molecule has 36 nitrogen and oxygen atoms in total. The largest absolute Gasteiger partial charge is 0.465 e. The van der Waals surface area contributed by atoms with Gasteiger partial charge in [0.25, 0.3) is 16.7 Å². The molecule has 3 saturated heterocycles. The molecule has 0 bridgehead atoms. The number of ether oxygens (including phenoxy) is 6. The minimum absolute atomic E-state index is 0.0367. The number of aliphatic hydroxyl groups excluding tert-OH is 3. The number of aromatic amines is 3. The van der Waals surface area contributed by atoms with E-state index in [-0.39, 0.29) is 51.4 Å². The predicted octanol–water partition coefficient (Wildman–Crippen LogP) is 9.28. The van der Waals surface area contributed by atoms with Gasteiger partial charge in [-0.15, -0.1) is 0 Å². The van der Waals surface area contributed by atoms with E-state index >= 15 is 0 Å². The number of halogens is 3. The smallest absolute Gasteiger partial charge is 0.459 e. The van der Waals surface area contributed by atoms with Gasteiger partial charge in [0.1, 0.15) is 88.8 Å². The van der Waals surface area contributed by atoms with E-state index in [1.54, 1.807) is 0 Å². The second-order valence-corrected chi connectivity index (χ2v) is 34.3. The number of carbonyl (C=O) groups excluding carboxylic acids is 3. The molecular weight excluding hydrogens is 1680 g/mol. The van der Waals surface area contributed by atoms with Crippen LogP contribution in [0, 0.1) is 14.3 Å². The summed E-state index contributed by atoms with van der Waals surface area (Å²) in [6.45, 7) is 13.2. The average molecular weight is 1780 g/mol. The summed E-state index contributed by atoms with van der Waals surface area (Å²) in [5, 5.41) is 74.2. The number of nitrogens with one attached hydrogen (secondary N) is 6. The Hall–Kier alpha value is -6.27. The van der Waals surface area contributed by atoms with E-state index in [4.69, 9.17) is 127 Å². The first-order chi connectivity index (χ1) is 53.6. The van der Waals surface area contributed by atoms with Crippen LogP contribution in [0.1, 0.15) is 120 Å². The van der Waals surface area contributed by atoms with Gasteiger partial charge in [0.2, 0.25) is 0 Å². The fourth-order valence-electron chi connectivity index (χ4n) is 10.9. The summed E-state index contributed by atoms with van der Waals surface area (Å²) < 4.78 is 111. The van der Waals surface area contributed by atoms with Crippen LogP contribution in [0.25, 0.3) is 0 Å². The number of esters is 3. The van der Waals surface area contributed by atoms with Gasteiger partial charge in [0, 0.05) is 51.9 Å². The molecule has 630 valence electrons. The maximum atomic E-state index is 13.7. The molecular formula is C69H93Cl3N9O27P3S3. The summed E-state index contributed by atoms with van der Waals surface area (Å²) in [4.78, 5) is 79.0. The molecule has 3 aliphatic rings. The van der Waals surface area contributed by atoms with Gasteiger partial charge >= 0.3 is 41.1 Å². The number of aliphatic hydroxyl groups is 6. The SMILES string of the molecule is CCCCOC(=O)[C@H](C)NP(=O)(OC[C@H]1O[C@@H](n2ccc(=O)[nH]c2=S)C(C)(O)[C@H]1O)Oc1ccc(Cl)cc1.CCCCOC(=O)[C@H](C)N[P@@](=O)(OC[C@H]1O[C@@H](n2ccc(=O)[nH]c2=S)C(C)(O)[C@H]1O)Oc1ccc(Cl)cc1.CCCCOC(=O)[C@H](C)N[P@](=O)(OC[C@H]1O[C@@H](n2ccc(=O)[nH]c2=S)C(C)(O)[C@H]1O)Oc1ccc(Cl)cc1. The Morgan fingerprint density at radius 2 is 0.684 bits per heavy atom. The number of unbranched alkanes of at least 4 members (excludes halogenated alkanes) is 3. The second-order valence-electron chi connectivity index (χ2n) is 26.8. The molecule has 4 unspecified atom stereocenters. The van der Waals surface area contributed by atoms with Gasteiger partial charge in [0.05, 0.1) is 39.6 Å². The van der Waals surface area contributed by atoms with Crippen LogP contribution in [-0.4, -0.2) is 188 Å². The Balaban J connectivity index is 0.000000237. The van der Waals surface area contributed by atoms with E-state index in [1.807, 2.05) is 20.8 Å². The van der Waals surface area contributed by atoms with Crippen LogP contribution in [0.4, 0.5) is 0 Å². The van der Waals surface area contributed by atoms with Crippen LogP contribution < -0.4 is 45.5 Å². The molecule has 0 amide bonds. The van der Waals surface area contributed by atoms with E-state index in [1.165, 1.54) is 165 Å². The van der Waals surface area contributed by atoms with Crippen molar-refractivity contribution >= 4 is 113 Å². The van der Waals surface area contributed by atoms with Gasteiger partial charge in [-0.1, -0.05) is 74.8 Å². The highest BCUT2D eigenvalue weighted by Crippen LogP contribution is 2.51. The molecule has 18 atom stereocenters. The van der Waals surface area contributed by atoms with Gasteiger partial charge < -0.3 is 72.6 Å². The average Bonchev–Trinajstić information content (AvgIpc) is 1.63. The zero-order valence-corrected chi connectivity index (χ0v) is 70.5. The van der Waals surface area contributed by atoms with Crippen LogP contribution >= 0.6 is 94.7 Å². The van der Waals surface area contributed by atoms with Crippen LogP contribution in [-0.2, 0) is 70.1 Å². The van der Waals surface area contributed by atoms with E-state index in [2.05, 4.69) is 30.2 Å². The van der Waals surface area contributed by atoms with Gasteiger partial charge in [0.15, 0.2) is 33.0 Å². The van der Waals surface area contributed by atoms with Crippen LogP contribution in [0.15, 0.2) is 124 Å². The maximum absolute atomic E-state index is 13.7. The minimum Gasteiger partial charge on any atom is -0.465 e. The molecule has 45 heteroatoms. The van der Waals surface area contributed by atoms with Crippen molar-refractivity contribution in [3.8, 4) is 17.2 Å². The molecule has 9 rings (SSSR count). The number of nitrogens with zero attached hydrogens (tertiary/aromatic N) is 3. The van der Waals surface area contributed by atoms with Crippen LogP contribution in [0.2, 0.25) is 15.1 Å². The molecule has 3 fully saturated rings. The molecule has 0 spiro atoms. The number of hydrogen-bond donors (Lipinski definition) is 12. The maximum Gasteiger partial charge on any atom is 0.459 e. The summed E-state index contributed by atoms with van der Waals surface area (Å²) in [7, 11) is -12.8. The van der Waals surface area contributed by atoms with Crippen molar-refractivity contribution < 1.29 is 114 Å². The summed E-state index contributed by atoms with van der Waals surface area (Å²) in [6.07, 6.45) is -3.27. The fourth-order valence-corrected chi connectivity index (χ4v) is 16.5. The highest BCUT2D eigenvalue weighted by molar-refractivity contribution is 7.71. The molecule has 6 aromatic rings. The van der Waals surface area contributed by atoms with Crippen molar-refractivity contribution in [2.24, 2.45) is 0 Å². The number of hydrogen-bond acceptors (Lipinski definition) is 30. The third-order valence-corrected chi connectivity index (χ3v) is 23.9. The number of H-pyrrole nitrogens is 3. The van der Waals surface area contributed by atoms with Crippen molar-refractivity contribution in [1.29, 1.82) is 0 Å². The van der Waals surface area contributed by atoms with Crippen LogP contribution in [0.5, 0.6) is 17.2 Å². The first-order valence-corrected chi connectivity index (χ1v) is 42.6. The molecule has 114 heavy (non-hydrogen) atoms. The minimum atomic E-state index is -4.28. The number of carbonyl (C=O) groups is 3. The Morgan fingerprint density at radius 3 is 0.895 bits per heavy atom. The highest BCUT2D eigenvalue weighted by Gasteiger charge is 2.57. The lowest BCUT2D eigenvalue weighted by atomic mass is 9.96. The Bertz CT molecular complexity index is 4270. The zero-order valence-electron chi connectivity index (χ0n) is 63.1. The predicted molar refractivity (Wildman–Crippen MR) is 422 cm³/mol. The lowest BCUT2D eigenvalue weighted by Crippen LogP contribution is -2.45. The number of rotatable bonds is 36. The van der Waals surface area contributed by atoms with Gasteiger partial charge in [-0.25, -0.2) is 13.7 Å². The Labute approximate surface area is 684 Å². The number of benzene rings is 3. The monoisotopic (exact) mass is 1770 g/mol. The van der Waals surface area contributed by atoms with Crippen molar-refractivity contribution in [1.82, 2.24) is 43.9 Å². The number of aromatic nitrogens is 6. The van der Waals surface area contributed by atoms with E-state index in [0.29, 0.717) is 34.3 Å². The topological polar surface area (TPSA) is 484 Å². The normalized spacial score (nSPS) is 25.5. The summed E-state index contributed by atoms with van der Waals surface area (Å²) in [5.74, 6) is -1.57. The van der Waals surface area contributed by atoms with Crippen molar-refractivity contribution in [2.75, 3.05) is 39.6 Å². The lowest BCUT2D eigenvalue weighted by molar-refractivity contribution is -0.146. The van der Waals surface area contributed by atoms with Gasteiger partial charge in [-0.05, 0) is 170 Å². The van der Waals surface area contributed by atoms with Gasteiger partial charge in [-0.2, -0.15) is 15.3 Å². The molecule has 3 aromatic carbocycles. The van der Waals surface area contributed by atoms with Crippen LogP contribution in [0.3, 0.4) is 0 Å². The van der Waals surface area contributed by atoms with Crippen molar-refractivity contribution in [3.05, 3.63) is 170 Å². The quantitative estimate of drug-likeness (QED) is 0.00573. The standard InChI is InChI=1S/3C23H31ClN3O9PS/c3*1-4-5-12-33-20(30)14(2)26-37(32,36-16-8-6-15(24)7-9-16)34-13-17-19(29)23(3,31)21(35-17)27-11-10-18(28)25-22(27)38/h3*6-11,14,17,19,21,29,31H,4-5,12-13H2,1-3H3,(H,26,32)(H,25,28,38)/t14-,17+,19-,21+,23?,37?;14-,17+,19-,21+,23?,37+;14-,17+,19-,21+,23?,37-/m000/s1. The first kappa shape index (κ1) is 94.9. The second kappa shape index (κ2) is 42.4.